The number of aromatic nitrogens is 2. The van der Waals surface area contributed by atoms with Gasteiger partial charge in [0.2, 0.25) is 5.28 Å². The summed E-state index contributed by atoms with van der Waals surface area (Å²) in [5.74, 6) is 0.0599. The van der Waals surface area contributed by atoms with Crippen LogP contribution in [0.1, 0.15) is 19.3 Å². The molecule has 0 aliphatic carbocycles. The van der Waals surface area contributed by atoms with E-state index in [-0.39, 0.29) is 22.2 Å². The Morgan fingerprint density at radius 1 is 1.41 bits per heavy atom. The van der Waals surface area contributed by atoms with E-state index in [9.17, 15) is 4.79 Å². The zero-order valence-corrected chi connectivity index (χ0v) is 10.5. The monoisotopic (exact) mass is 275 g/mol. The van der Waals surface area contributed by atoms with E-state index >= 15 is 0 Å². The molecule has 2 rings (SSSR count). The summed E-state index contributed by atoms with van der Waals surface area (Å²) in [6, 6.07) is 1.44. The number of carbonyl (C=O) groups excluding carboxylic acids is 1. The van der Waals surface area contributed by atoms with Crippen molar-refractivity contribution in [2.45, 2.75) is 25.4 Å². The van der Waals surface area contributed by atoms with Crippen LogP contribution in [0.5, 0.6) is 0 Å². The second kappa shape index (κ2) is 5.62. The molecule has 17 heavy (non-hydrogen) atoms. The van der Waals surface area contributed by atoms with Crippen molar-refractivity contribution in [3.05, 3.63) is 16.5 Å². The lowest BCUT2D eigenvalue weighted by Gasteiger charge is -2.21. The van der Waals surface area contributed by atoms with Gasteiger partial charge in [0.15, 0.2) is 0 Å². The average molecular weight is 276 g/mol. The lowest BCUT2D eigenvalue weighted by atomic mass is 10.1. The Morgan fingerprint density at radius 2 is 2.24 bits per heavy atom. The Balaban J connectivity index is 2.01. The third-order valence-corrected chi connectivity index (χ3v) is 2.75. The summed E-state index contributed by atoms with van der Waals surface area (Å²) >= 11 is 11.3. The van der Waals surface area contributed by atoms with E-state index in [2.05, 4.69) is 15.3 Å². The van der Waals surface area contributed by atoms with Crippen molar-refractivity contribution in [3.63, 3.8) is 0 Å². The van der Waals surface area contributed by atoms with Crippen molar-refractivity contribution in [2.75, 3.05) is 11.9 Å². The van der Waals surface area contributed by atoms with Crippen LogP contribution in [-0.4, -0.2) is 28.6 Å². The molecule has 1 aromatic heterocycles. The SMILES string of the molecule is O=C(Nc1cc(Cl)nc(Cl)n1)C1CCCCO1. The van der Waals surface area contributed by atoms with Gasteiger partial charge >= 0.3 is 0 Å². The third-order valence-electron chi connectivity index (χ3n) is 2.39. The van der Waals surface area contributed by atoms with Crippen molar-refractivity contribution in [1.29, 1.82) is 0 Å². The molecular formula is C10H11Cl2N3O2. The molecule has 0 radical (unpaired) electrons. The van der Waals surface area contributed by atoms with Crippen LogP contribution >= 0.6 is 23.2 Å². The number of nitrogens with zero attached hydrogens (tertiary/aromatic N) is 2. The van der Waals surface area contributed by atoms with E-state index in [1.807, 2.05) is 0 Å². The van der Waals surface area contributed by atoms with E-state index in [1.165, 1.54) is 6.07 Å². The molecule has 7 heteroatoms. The molecule has 2 heterocycles. The van der Waals surface area contributed by atoms with Gasteiger partial charge in [-0.3, -0.25) is 4.79 Å². The molecular weight excluding hydrogens is 265 g/mol. The van der Waals surface area contributed by atoms with E-state index < -0.39 is 6.10 Å². The predicted octanol–water partition coefficient (Wildman–Crippen LogP) is 2.29. The standard InChI is InChI=1S/C10H11Cl2N3O2/c11-7-5-8(15-10(12)13-7)14-9(16)6-3-1-2-4-17-6/h5-6H,1-4H2,(H,13,14,15,16). The average Bonchev–Trinajstić information content (AvgIpc) is 2.28. The predicted molar refractivity (Wildman–Crippen MR) is 64.3 cm³/mol. The molecule has 1 unspecified atom stereocenters. The maximum absolute atomic E-state index is 11.8. The van der Waals surface area contributed by atoms with Crippen LogP contribution in [0.4, 0.5) is 5.82 Å². The summed E-state index contributed by atoms with van der Waals surface area (Å²) < 4.78 is 5.35. The maximum atomic E-state index is 11.8. The number of carbonyl (C=O) groups is 1. The van der Waals surface area contributed by atoms with Crippen molar-refractivity contribution < 1.29 is 9.53 Å². The summed E-state index contributed by atoms with van der Waals surface area (Å²) in [5, 5.41) is 2.79. The van der Waals surface area contributed by atoms with Crippen LogP contribution in [-0.2, 0) is 9.53 Å². The molecule has 5 nitrogen and oxygen atoms in total. The molecule has 1 N–H and O–H groups in total. The highest BCUT2D eigenvalue weighted by atomic mass is 35.5. The lowest BCUT2D eigenvalue weighted by Crippen LogP contribution is -2.33. The number of nitrogens with one attached hydrogen (secondary N) is 1. The van der Waals surface area contributed by atoms with Crippen molar-refractivity contribution >= 4 is 34.9 Å². The fourth-order valence-corrected chi connectivity index (χ4v) is 2.02. The van der Waals surface area contributed by atoms with Gasteiger partial charge in [-0.15, -0.1) is 0 Å². The minimum Gasteiger partial charge on any atom is -0.368 e. The Kier molecular flexibility index (Phi) is 4.15. The number of hydrogen-bond acceptors (Lipinski definition) is 4. The van der Waals surface area contributed by atoms with Gasteiger partial charge in [0, 0.05) is 12.7 Å². The van der Waals surface area contributed by atoms with Crippen LogP contribution in [0.2, 0.25) is 10.4 Å². The molecule has 0 spiro atoms. The van der Waals surface area contributed by atoms with E-state index in [0.29, 0.717) is 6.61 Å². The molecule has 1 fully saturated rings. The normalized spacial score (nSPS) is 20.0. The molecule has 1 atom stereocenters. The Morgan fingerprint density at radius 3 is 2.88 bits per heavy atom. The van der Waals surface area contributed by atoms with E-state index in [4.69, 9.17) is 27.9 Å². The maximum Gasteiger partial charge on any atom is 0.254 e. The highest BCUT2D eigenvalue weighted by Crippen LogP contribution is 2.17. The molecule has 0 bridgehead atoms. The largest absolute Gasteiger partial charge is 0.368 e. The minimum absolute atomic E-state index is 0.00244. The second-order valence-corrected chi connectivity index (χ2v) is 4.41. The Labute approximate surface area is 108 Å². The first-order valence-corrected chi connectivity index (χ1v) is 6.03. The van der Waals surface area contributed by atoms with E-state index in [1.54, 1.807) is 0 Å². The van der Waals surface area contributed by atoms with Crippen LogP contribution in [0.15, 0.2) is 6.07 Å². The fraction of sp³-hybridized carbons (Fsp3) is 0.500. The summed E-state index contributed by atoms with van der Waals surface area (Å²) in [6.45, 7) is 0.614. The zero-order chi connectivity index (χ0) is 12.3. The first kappa shape index (κ1) is 12.5. The van der Waals surface area contributed by atoms with Gasteiger partial charge in [0.25, 0.3) is 5.91 Å². The fourth-order valence-electron chi connectivity index (χ4n) is 1.61. The van der Waals surface area contributed by atoms with Crippen LogP contribution < -0.4 is 5.32 Å². The van der Waals surface area contributed by atoms with Gasteiger partial charge in [-0.1, -0.05) is 11.6 Å². The Hall–Kier alpha value is -0.910. The van der Waals surface area contributed by atoms with Gasteiger partial charge in [-0.25, -0.2) is 9.97 Å². The Bertz CT molecular complexity index is 402. The van der Waals surface area contributed by atoms with Crippen LogP contribution in [0, 0.1) is 0 Å². The van der Waals surface area contributed by atoms with Gasteiger partial charge in [0.05, 0.1) is 0 Å². The van der Waals surface area contributed by atoms with Gasteiger partial charge < -0.3 is 10.1 Å². The highest BCUT2D eigenvalue weighted by Gasteiger charge is 2.22. The summed E-state index contributed by atoms with van der Waals surface area (Å²) in [5.41, 5.74) is 0. The van der Waals surface area contributed by atoms with Crippen molar-refractivity contribution in [1.82, 2.24) is 9.97 Å². The molecule has 1 aliphatic rings. The topological polar surface area (TPSA) is 64.1 Å². The molecule has 0 aromatic carbocycles. The lowest BCUT2D eigenvalue weighted by molar-refractivity contribution is -0.130. The number of halogens is 2. The summed E-state index contributed by atoms with van der Waals surface area (Å²) in [6.07, 6.45) is 2.28. The number of rotatable bonds is 2. The molecule has 1 aromatic rings. The molecule has 0 saturated carbocycles. The highest BCUT2D eigenvalue weighted by molar-refractivity contribution is 6.32. The molecule has 1 amide bonds. The number of hydrogen-bond donors (Lipinski definition) is 1. The first-order chi connectivity index (χ1) is 8.15. The van der Waals surface area contributed by atoms with Gasteiger partial charge in [-0.05, 0) is 30.9 Å². The van der Waals surface area contributed by atoms with Gasteiger partial charge in [-0.2, -0.15) is 0 Å². The van der Waals surface area contributed by atoms with E-state index in [0.717, 1.165) is 19.3 Å². The number of ether oxygens (including phenoxy) is 1. The molecule has 1 aliphatic heterocycles. The summed E-state index contributed by atoms with van der Waals surface area (Å²) in [7, 11) is 0. The first-order valence-electron chi connectivity index (χ1n) is 5.28. The molecule has 92 valence electrons. The third kappa shape index (κ3) is 3.52. The zero-order valence-electron chi connectivity index (χ0n) is 8.95. The number of amides is 1. The van der Waals surface area contributed by atoms with Crippen molar-refractivity contribution in [3.8, 4) is 0 Å². The quantitative estimate of drug-likeness (QED) is 0.665. The second-order valence-electron chi connectivity index (χ2n) is 3.69. The molecule has 1 saturated heterocycles. The summed E-state index contributed by atoms with van der Waals surface area (Å²) in [4.78, 5) is 19.3. The van der Waals surface area contributed by atoms with Crippen LogP contribution in [0.25, 0.3) is 0 Å². The smallest absolute Gasteiger partial charge is 0.254 e. The van der Waals surface area contributed by atoms with Crippen molar-refractivity contribution in [2.24, 2.45) is 0 Å². The van der Waals surface area contributed by atoms with Gasteiger partial charge in [0.1, 0.15) is 17.1 Å². The minimum atomic E-state index is -0.420. The van der Waals surface area contributed by atoms with Crippen LogP contribution in [0.3, 0.4) is 0 Å². The number of anilines is 1.